The topological polar surface area (TPSA) is 23.8 Å². The van der Waals surface area contributed by atoms with Crippen molar-refractivity contribution in [2.45, 2.75) is 26.7 Å². The Balaban J connectivity index is 0.000000204. The quantitative estimate of drug-likeness (QED) is 0.163. The molecule has 3 aromatic heterocycles. The number of benzene rings is 5. The fourth-order valence-corrected chi connectivity index (χ4v) is 6.60. The van der Waals surface area contributed by atoms with E-state index >= 15 is 0 Å². The fraction of sp³-hybridized carbons (Fsp3) is 0.122. The summed E-state index contributed by atoms with van der Waals surface area (Å²) in [5.41, 5.74) is 10.6. The normalized spacial score (nSPS) is 12.5. The van der Waals surface area contributed by atoms with Crippen LogP contribution < -0.4 is 9.80 Å². The van der Waals surface area contributed by atoms with Gasteiger partial charge in [-0.2, -0.15) is 18.8 Å². The van der Waals surface area contributed by atoms with Gasteiger partial charge in [-0.1, -0.05) is 85.1 Å². The van der Waals surface area contributed by atoms with Crippen molar-refractivity contribution in [3.05, 3.63) is 146 Å². The molecule has 0 atom stereocenters. The SMILES string of the molecule is CCCCN1[CH-]N(c2[c-]cc3c4ccccc4n4c5ccccc5c2c34)c2ccccc21.Cc1ccc(-c2[c-]cccc2)nc1.[Ir+3]. The standard InChI is InChI=1S/C29H23N3.C12H10N.Ir/c1-2-3-18-30-19-31(26-15-9-8-14-25(26)30)27-17-16-21-20-10-4-6-12-23(20)32-24-13-7-5-11-22(24)28(27)29(21)32;1-10-7-8-12(13-9-10)11-5-3-2-4-6-11;/h4-16,19H,2-3,18H2,1H3;2-5,7-9H,1H3;/q-2;-1;+3. The molecule has 1 aliphatic rings. The average Bonchev–Trinajstić information content (AvgIpc) is 3.76. The summed E-state index contributed by atoms with van der Waals surface area (Å²) >= 11 is 0. The minimum Gasteiger partial charge on any atom is -0.501 e. The molecule has 0 aliphatic carbocycles. The second kappa shape index (κ2) is 12.6. The Bertz CT molecular complexity index is 2260. The van der Waals surface area contributed by atoms with Gasteiger partial charge in [0, 0.05) is 28.6 Å². The van der Waals surface area contributed by atoms with Gasteiger partial charge in [0.15, 0.2) is 0 Å². The van der Waals surface area contributed by atoms with Gasteiger partial charge in [-0.3, -0.25) is 0 Å². The Labute approximate surface area is 283 Å². The van der Waals surface area contributed by atoms with Crippen molar-refractivity contribution < 1.29 is 20.1 Å². The van der Waals surface area contributed by atoms with Gasteiger partial charge in [-0.05, 0) is 71.7 Å². The van der Waals surface area contributed by atoms with E-state index in [1.165, 1.54) is 67.9 Å². The smallest absolute Gasteiger partial charge is 0.501 e. The molecule has 226 valence electrons. The van der Waals surface area contributed by atoms with E-state index in [0.29, 0.717) is 0 Å². The molecule has 0 saturated heterocycles. The molecule has 0 amide bonds. The summed E-state index contributed by atoms with van der Waals surface area (Å²) in [6, 6.07) is 47.1. The van der Waals surface area contributed by atoms with E-state index in [9.17, 15) is 0 Å². The molecule has 5 aromatic carbocycles. The predicted molar refractivity (Wildman–Crippen MR) is 188 cm³/mol. The van der Waals surface area contributed by atoms with Crippen LogP contribution in [0.1, 0.15) is 25.3 Å². The van der Waals surface area contributed by atoms with Crippen molar-refractivity contribution in [3.8, 4) is 11.3 Å². The maximum absolute atomic E-state index is 4.32. The number of anilines is 3. The van der Waals surface area contributed by atoms with Crippen LogP contribution in [0, 0.1) is 25.7 Å². The van der Waals surface area contributed by atoms with Crippen molar-refractivity contribution >= 4 is 55.2 Å². The zero-order valence-corrected chi connectivity index (χ0v) is 28.3. The molecule has 0 bridgehead atoms. The first kappa shape index (κ1) is 30.0. The van der Waals surface area contributed by atoms with Gasteiger partial charge >= 0.3 is 20.1 Å². The first-order valence-electron chi connectivity index (χ1n) is 15.7. The molecule has 46 heavy (non-hydrogen) atoms. The Morgan fingerprint density at radius 2 is 1.46 bits per heavy atom. The van der Waals surface area contributed by atoms with Crippen LogP contribution >= 0.6 is 0 Å². The first-order valence-corrected chi connectivity index (χ1v) is 15.7. The zero-order valence-electron chi connectivity index (χ0n) is 25.9. The molecule has 1 aliphatic heterocycles. The monoisotopic (exact) mass is 774 g/mol. The van der Waals surface area contributed by atoms with Crippen LogP contribution in [0.3, 0.4) is 0 Å². The van der Waals surface area contributed by atoms with Crippen molar-refractivity contribution in [2.75, 3.05) is 16.3 Å². The third kappa shape index (κ3) is 5.01. The minimum atomic E-state index is 0. The largest absolute Gasteiger partial charge is 3.00 e. The Hall–Kier alpha value is -4.70. The second-order valence-electron chi connectivity index (χ2n) is 11.7. The van der Waals surface area contributed by atoms with Crippen LogP contribution in [-0.2, 0) is 20.1 Å². The first-order chi connectivity index (χ1) is 22.2. The van der Waals surface area contributed by atoms with Crippen LogP contribution in [-0.4, -0.2) is 15.9 Å². The summed E-state index contributed by atoms with van der Waals surface area (Å²) in [5.74, 6) is 0. The number of hydrogen-bond acceptors (Lipinski definition) is 3. The Morgan fingerprint density at radius 1 is 0.739 bits per heavy atom. The summed E-state index contributed by atoms with van der Waals surface area (Å²) < 4.78 is 2.43. The molecule has 4 heterocycles. The van der Waals surface area contributed by atoms with Gasteiger partial charge in [0.25, 0.3) is 0 Å². The summed E-state index contributed by atoms with van der Waals surface area (Å²) in [4.78, 5) is 9.04. The maximum atomic E-state index is 4.32. The zero-order chi connectivity index (χ0) is 30.3. The number of nitrogens with zero attached hydrogens (tertiary/aromatic N) is 4. The van der Waals surface area contributed by atoms with Crippen LogP contribution in [0.25, 0.3) is 49.4 Å². The van der Waals surface area contributed by atoms with E-state index in [-0.39, 0.29) is 20.1 Å². The third-order valence-corrected chi connectivity index (χ3v) is 8.75. The molecule has 0 spiro atoms. The van der Waals surface area contributed by atoms with Gasteiger partial charge < -0.3 is 19.2 Å². The summed E-state index contributed by atoms with van der Waals surface area (Å²) in [6.07, 6.45) is 4.23. The molecule has 5 heteroatoms. The van der Waals surface area contributed by atoms with Gasteiger partial charge in [-0.15, -0.1) is 41.3 Å². The van der Waals surface area contributed by atoms with Gasteiger partial charge in [0.1, 0.15) is 0 Å². The summed E-state index contributed by atoms with van der Waals surface area (Å²) in [6.45, 7) is 7.57. The van der Waals surface area contributed by atoms with Crippen LogP contribution in [0.2, 0.25) is 0 Å². The second-order valence-corrected chi connectivity index (χ2v) is 11.7. The summed E-state index contributed by atoms with van der Waals surface area (Å²) in [7, 11) is 0. The molecule has 0 N–H and O–H groups in total. The molecule has 0 radical (unpaired) electrons. The van der Waals surface area contributed by atoms with Crippen molar-refractivity contribution in [1.82, 2.24) is 9.38 Å². The van der Waals surface area contributed by atoms with Crippen LogP contribution in [0.15, 0.2) is 121 Å². The molecule has 9 rings (SSSR count). The summed E-state index contributed by atoms with van der Waals surface area (Å²) in [5, 5.41) is 5.11. The molecular weight excluding hydrogens is 741 g/mol. The number of para-hydroxylation sites is 4. The van der Waals surface area contributed by atoms with E-state index in [4.69, 9.17) is 0 Å². The predicted octanol–water partition coefficient (Wildman–Crippen LogP) is 10.4. The molecule has 8 aromatic rings. The van der Waals surface area contributed by atoms with E-state index in [1.54, 1.807) is 0 Å². The van der Waals surface area contributed by atoms with E-state index in [2.05, 4.69) is 130 Å². The number of pyridine rings is 1. The number of unbranched alkanes of at least 4 members (excludes halogenated alkanes) is 1. The molecule has 0 saturated carbocycles. The third-order valence-electron chi connectivity index (χ3n) is 8.75. The van der Waals surface area contributed by atoms with E-state index in [1.807, 2.05) is 43.5 Å². The fourth-order valence-electron chi connectivity index (χ4n) is 6.60. The van der Waals surface area contributed by atoms with E-state index in [0.717, 1.165) is 23.5 Å². The average molecular weight is 774 g/mol. The van der Waals surface area contributed by atoms with Crippen molar-refractivity contribution in [3.63, 3.8) is 0 Å². The van der Waals surface area contributed by atoms with Crippen molar-refractivity contribution in [2.24, 2.45) is 0 Å². The Morgan fingerprint density at radius 3 is 2.20 bits per heavy atom. The number of rotatable bonds is 5. The number of aryl methyl sites for hydroxylation is 1. The van der Waals surface area contributed by atoms with Crippen molar-refractivity contribution in [1.29, 1.82) is 0 Å². The van der Waals surface area contributed by atoms with Gasteiger partial charge in [-0.25, -0.2) is 0 Å². The maximum Gasteiger partial charge on any atom is 3.00 e. The Kier molecular flexibility index (Phi) is 8.21. The number of aromatic nitrogens is 2. The molecular formula is C41H33IrN4. The van der Waals surface area contributed by atoms with Gasteiger partial charge in [0.05, 0.1) is 0 Å². The molecule has 4 nitrogen and oxygen atoms in total. The van der Waals surface area contributed by atoms with Gasteiger partial charge in [0.2, 0.25) is 0 Å². The number of fused-ring (bicyclic) bond motifs is 7. The number of hydrogen-bond donors (Lipinski definition) is 0. The van der Waals surface area contributed by atoms with E-state index < -0.39 is 0 Å². The molecule has 0 unspecified atom stereocenters. The van der Waals surface area contributed by atoms with Crippen LogP contribution in [0.4, 0.5) is 17.1 Å². The molecule has 0 fully saturated rings. The minimum absolute atomic E-state index is 0. The van der Waals surface area contributed by atoms with Crippen LogP contribution in [0.5, 0.6) is 0 Å².